The number of aryl methyl sites for hydroxylation is 2. The maximum atomic E-state index is 9.82. The van der Waals surface area contributed by atoms with Gasteiger partial charge in [-0.1, -0.05) is 18.2 Å². The summed E-state index contributed by atoms with van der Waals surface area (Å²) < 4.78 is 5.94. The first-order valence-corrected chi connectivity index (χ1v) is 5.80. The number of para-hydroxylation sites is 1. The molecule has 88 valence electrons. The minimum Gasteiger partial charge on any atom is -0.487 e. The van der Waals surface area contributed by atoms with Crippen LogP contribution in [0.2, 0.25) is 0 Å². The third kappa shape index (κ3) is 2.36. The molecule has 1 fully saturated rings. The van der Waals surface area contributed by atoms with E-state index < -0.39 is 6.10 Å². The van der Waals surface area contributed by atoms with Crippen molar-refractivity contribution in [2.45, 2.75) is 32.5 Å². The highest BCUT2D eigenvalue weighted by Gasteiger charge is 2.25. The van der Waals surface area contributed by atoms with Gasteiger partial charge in [0, 0.05) is 6.54 Å². The summed E-state index contributed by atoms with van der Waals surface area (Å²) in [5, 5.41) is 13.0. The van der Waals surface area contributed by atoms with Crippen LogP contribution in [0.25, 0.3) is 0 Å². The standard InChI is InChI=1S/C13H19NO2/c1-9-4-3-5-10(2)13(9)16-12-6-7-14-8-11(12)15/h3-5,11-12,14-15H,6-8H2,1-2H3/t11-,12-/m1/s1. The lowest BCUT2D eigenvalue weighted by molar-refractivity contribution is 0.0155. The van der Waals surface area contributed by atoms with Crippen LogP contribution in [0.3, 0.4) is 0 Å². The maximum absolute atomic E-state index is 9.82. The van der Waals surface area contributed by atoms with Crippen LogP contribution < -0.4 is 10.1 Å². The molecule has 0 aliphatic carbocycles. The first-order valence-electron chi connectivity index (χ1n) is 5.80. The van der Waals surface area contributed by atoms with Crippen LogP contribution in [0.5, 0.6) is 5.75 Å². The van der Waals surface area contributed by atoms with Crippen LogP contribution in [0.4, 0.5) is 0 Å². The van der Waals surface area contributed by atoms with Crippen LogP contribution in [-0.4, -0.2) is 30.4 Å². The molecule has 0 amide bonds. The second kappa shape index (κ2) is 4.85. The number of nitrogens with one attached hydrogen (secondary N) is 1. The fourth-order valence-corrected chi connectivity index (χ4v) is 2.09. The highest BCUT2D eigenvalue weighted by Crippen LogP contribution is 2.25. The van der Waals surface area contributed by atoms with Crippen molar-refractivity contribution < 1.29 is 9.84 Å². The fraction of sp³-hybridized carbons (Fsp3) is 0.538. The first kappa shape index (κ1) is 11.4. The third-order valence-electron chi connectivity index (χ3n) is 3.07. The predicted octanol–water partition coefficient (Wildman–Crippen LogP) is 1.41. The lowest BCUT2D eigenvalue weighted by Gasteiger charge is -2.30. The van der Waals surface area contributed by atoms with Gasteiger partial charge < -0.3 is 15.2 Å². The van der Waals surface area contributed by atoms with Crippen molar-refractivity contribution in [1.29, 1.82) is 0 Å². The number of ether oxygens (including phenoxy) is 1. The van der Waals surface area contributed by atoms with E-state index >= 15 is 0 Å². The van der Waals surface area contributed by atoms with Crippen molar-refractivity contribution in [3.05, 3.63) is 29.3 Å². The van der Waals surface area contributed by atoms with Crippen molar-refractivity contribution in [3.8, 4) is 5.75 Å². The molecule has 1 saturated heterocycles. The molecule has 16 heavy (non-hydrogen) atoms. The van der Waals surface area contributed by atoms with Gasteiger partial charge >= 0.3 is 0 Å². The quantitative estimate of drug-likeness (QED) is 0.793. The molecule has 2 N–H and O–H groups in total. The van der Waals surface area contributed by atoms with Crippen LogP contribution in [0.1, 0.15) is 17.5 Å². The molecular formula is C13H19NO2. The summed E-state index contributed by atoms with van der Waals surface area (Å²) >= 11 is 0. The van der Waals surface area contributed by atoms with Crippen LogP contribution >= 0.6 is 0 Å². The lowest BCUT2D eigenvalue weighted by atomic mass is 10.1. The Labute approximate surface area is 96.4 Å². The zero-order valence-corrected chi connectivity index (χ0v) is 9.86. The average molecular weight is 221 g/mol. The Balaban J connectivity index is 2.13. The molecule has 2 atom stereocenters. The second-order valence-electron chi connectivity index (χ2n) is 4.44. The molecule has 1 aliphatic rings. The van der Waals surface area contributed by atoms with Crippen LogP contribution in [0, 0.1) is 13.8 Å². The molecule has 0 unspecified atom stereocenters. The van der Waals surface area contributed by atoms with E-state index in [1.807, 2.05) is 32.0 Å². The zero-order chi connectivity index (χ0) is 11.5. The number of piperidine rings is 1. The van der Waals surface area contributed by atoms with Crippen molar-refractivity contribution in [2.24, 2.45) is 0 Å². The van der Waals surface area contributed by atoms with Gasteiger partial charge in [0.25, 0.3) is 0 Å². The Morgan fingerprint density at radius 3 is 2.62 bits per heavy atom. The van der Waals surface area contributed by atoms with Gasteiger partial charge in [0.1, 0.15) is 18.0 Å². The lowest BCUT2D eigenvalue weighted by Crippen LogP contribution is -2.46. The van der Waals surface area contributed by atoms with Crippen LogP contribution in [0.15, 0.2) is 18.2 Å². The monoisotopic (exact) mass is 221 g/mol. The molecule has 0 spiro atoms. The van der Waals surface area contributed by atoms with Gasteiger partial charge in [0.15, 0.2) is 0 Å². The fourth-order valence-electron chi connectivity index (χ4n) is 2.09. The van der Waals surface area contributed by atoms with Gasteiger partial charge in [-0.25, -0.2) is 0 Å². The number of β-amino-alcohol motifs (C(OH)–C–C–N with tert-alkyl or cyclic N) is 1. The van der Waals surface area contributed by atoms with Crippen molar-refractivity contribution >= 4 is 0 Å². The smallest absolute Gasteiger partial charge is 0.127 e. The predicted molar refractivity (Wildman–Crippen MR) is 63.8 cm³/mol. The summed E-state index contributed by atoms with van der Waals surface area (Å²) in [5.41, 5.74) is 2.26. The Kier molecular flexibility index (Phi) is 3.46. The summed E-state index contributed by atoms with van der Waals surface area (Å²) in [6, 6.07) is 6.10. The number of hydrogen-bond acceptors (Lipinski definition) is 3. The normalized spacial score (nSPS) is 25.4. The van der Waals surface area contributed by atoms with Crippen molar-refractivity contribution in [2.75, 3.05) is 13.1 Å². The number of aliphatic hydroxyl groups is 1. The Morgan fingerprint density at radius 1 is 1.31 bits per heavy atom. The van der Waals surface area contributed by atoms with Crippen molar-refractivity contribution in [1.82, 2.24) is 5.32 Å². The summed E-state index contributed by atoms with van der Waals surface area (Å²) in [7, 11) is 0. The topological polar surface area (TPSA) is 41.5 Å². The number of benzene rings is 1. The van der Waals surface area contributed by atoms with Gasteiger partial charge in [0.2, 0.25) is 0 Å². The molecule has 3 nitrogen and oxygen atoms in total. The molecule has 1 aromatic rings. The average Bonchev–Trinajstić information content (AvgIpc) is 2.26. The van der Waals surface area contributed by atoms with Gasteiger partial charge in [-0.3, -0.25) is 0 Å². The first-order chi connectivity index (χ1) is 7.68. The third-order valence-corrected chi connectivity index (χ3v) is 3.07. The minimum absolute atomic E-state index is 0.0824. The Hall–Kier alpha value is -1.06. The number of aliphatic hydroxyl groups excluding tert-OH is 1. The Bertz CT molecular complexity index is 345. The summed E-state index contributed by atoms with van der Waals surface area (Å²) in [5.74, 6) is 0.924. The van der Waals surface area contributed by atoms with E-state index in [1.54, 1.807) is 0 Å². The van der Waals surface area contributed by atoms with E-state index in [-0.39, 0.29) is 6.10 Å². The molecule has 1 aromatic carbocycles. The summed E-state index contributed by atoms with van der Waals surface area (Å²) in [6.45, 7) is 5.60. The van der Waals surface area contributed by atoms with Crippen LogP contribution in [-0.2, 0) is 0 Å². The maximum Gasteiger partial charge on any atom is 0.127 e. The minimum atomic E-state index is -0.409. The van der Waals surface area contributed by atoms with E-state index in [4.69, 9.17) is 4.74 Å². The van der Waals surface area contributed by atoms with Crippen molar-refractivity contribution in [3.63, 3.8) is 0 Å². The van der Waals surface area contributed by atoms with E-state index in [0.29, 0.717) is 6.54 Å². The molecule has 3 heteroatoms. The van der Waals surface area contributed by atoms with Gasteiger partial charge in [-0.2, -0.15) is 0 Å². The summed E-state index contributed by atoms with van der Waals surface area (Å²) in [6.07, 6.45) is 0.364. The van der Waals surface area contributed by atoms with Gasteiger partial charge in [0.05, 0.1) is 0 Å². The molecule has 0 aromatic heterocycles. The Morgan fingerprint density at radius 2 is 2.00 bits per heavy atom. The van der Waals surface area contributed by atoms with E-state index in [0.717, 1.165) is 29.8 Å². The summed E-state index contributed by atoms with van der Waals surface area (Å²) in [4.78, 5) is 0. The zero-order valence-electron chi connectivity index (χ0n) is 9.86. The molecule has 0 saturated carbocycles. The van der Waals surface area contributed by atoms with Gasteiger partial charge in [-0.05, 0) is 37.9 Å². The molecule has 1 heterocycles. The molecule has 0 bridgehead atoms. The highest BCUT2D eigenvalue weighted by molar-refractivity contribution is 5.39. The highest BCUT2D eigenvalue weighted by atomic mass is 16.5. The van der Waals surface area contributed by atoms with E-state index in [2.05, 4.69) is 5.32 Å². The number of hydrogen-bond donors (Lipinski definition) is 2. The largest absolute Gasteiger partial charge is 0.487 e. The van der Waals surface area contributed by atoms with Gasteiger partial charge in [-0.15, -0.1) is 0 Å². The molecule has 1 aliphatic heterocycles. The second-order valence-corrected chi connectivity index (χ2v) is 4.44. The van der Waals surface area contributed by atoms with E-state index in [1.165, 1.54) is 0 Å². The molecular weight excluding hydrogens is 202 g/mol. The van der Waals surface area contributed by atoms with E-state index in [9.17, 15) is 5.11 Å². The molecule has 2 rings (SSSR count). The SMILES string of the molecule is Cc1cccc(C)c1O[C@@H]1CCNC[C@H]1O. The molecule has 0 radical (unpaired) electrons. The number of rotatable bonds is 2.